The fourth-order valence-electron chi connectivity index (χ4n) is 1.44. The zero-order chi connectivity index (χ0) is 13.5. The van der Waals surface area contributed by atoms with Gasteiger partial charge in [-0.05, 0) is 12.5 Å². The van der Waals surface area contributed by atoms with Gasteiger partial charge in [0, 0.05) is 13.0 Å². The molecule has 4 N–H and O–H groups in total. The van der Waals surface area contributed by atoms with Crippen LogP contribution in [0, 0.1) is 0 Å². The van der Waals surface area contributed by atoms with Gasteiger partial charge in [0.1, 0.15) is 6.10 Å². The van der Waals surface area contributed by atoms with Crippen LogP contribution in [-0.4, -0.2) is 39.5 Å². The number of amides is 1. The topological polar surface area (TPSA) is 89.8 Å². The van der Waals surface area contributed by atoms with Crippen LogP contribution in [0.3, 0.4) is 0 Å². The Balaban J connectivity index is 2.36. The number of benzene rings is 1. The third kappa shape index (κ3) is 4.83. The van der Waals surface area contributed by atoms with Crippen molar-refractivity contribution >= 4 is 5.91 Å². The molecule has 5 nitrogen and oxygen atoms in total. The Morgan fingerprint density at radius 3 is 2.39 bits per heavy atom. The molecule has 0 fully saturated rings. The zero-order valence-corrected chi connectivity index (χ0v) is 10.3. The van der Waals surface area contributed by atoms with Gasteiger partial charge in [0.05, 0.1) is 12.2 Å². The maximum atomic E-state index is 11.5. The minimum absolute atomic E-state index is 0.182. The van der Waals surface area contributed by atoms with Crippen molar-refractivity contribution in [3.8, 4) is 0 Å². The van der Waals surface area contributed by atoms with E-state index >= 15 is 0 Å². The molecule has 0 radical (unpaired) electrons. The summed E-state index contributed by atoms with van der Waals surface area (Å²) in [5.74, 6) is -0.557. The second kappa shape index (κ2) is 7.10. The molecule has 1 aromatic rings. The highest BCUT2D eigenvalue weighted by atomic mass is 16.3. The molecule has 0 aliphatic rings. The molecule has 1 amide bonds. The number of aliphatic hydroxyl groups is 3. The largest absolute Gasteiger partial charge is 0.391 e. The first kappa shape index (κ1) is 14.6. The summed E-state index contributed by atoms with van der Waals surface area (Å²) in [5.41, 5.74) is 0.925. The maximum Gasteiger partial charge on any atom is 0.249 e. The third-order valence-corrected chi connectivity index (χ3v) is 2.63. The summed E-state index contributed by atoms with van der Waals surface area (Å²) in [5, 5.41) is 30.5. The van der Waals surface area contributed by atoms with Crippen LogP contribution in [0.25, 0.3) is 0 Å². The first-order valence-corrected chi connectivity index (χ1v) is 5.86. The van der Waals surface area contributed by atoms with Crippen molar-refractivity contribution in [2.24, 2.45) is 0 Å². The summed E-state index contributed by atoms with van der Waals surface area (Å²) < 4.78 is 0. The Morgan fingerprint density at radius 2 is 1.83 bits per heavy atom. The van der Waals surface area contributed by atoms with Gasteiger partial charge in [0.2, 0.25) is 5.91 Å². The Hall–Kier alpha value is -1.43. The van der Waals surface area contributed by atoms with Crippen LogP contribution >= 0.6 is 0 Å². The molecule has 1 aromatic carbocycles. The lowest BCUT2D eigenvalue weighted by molar-refractivity contribution is -0.132. The highest BCUT2D eigenvalue weighted by Crippen LogP contribution is 2.04. The van der Waals surface area contributed by atoms with Gasteiger partial charge in [-0.25, -0.2) is 0 Å². The molecule has 18 heavy (non-hydrogen) atoms. The van der Waals surface area contributed by atoms with Crippen molar-refractivity contribution in [2.75, 3.05) is 0 Å². The zero-order valence-electron chi connectivity index (χ0n) is 10.3. The van der Waals surface area contributed by atoms with E-state index in [1.54, 1.807) is 0 Å². The number of carbonyl (C=O) groups is 1. The average Bonchev–Trinajstić information content (AvgIpc) is 2.36. The van der Waals surface area contributed by atoms with Crippen molar-refractivity contribution in [1.29, 1.82) is 0 Å². The van der Waals surface area contributed by atoms with Gasteiger partial charge in [0.15, 0.2) is 0 Å². The summed E-state index contributed by atoms with van der Waals surface area (Å²) in [4.78, 5) is 11.5. The fraction of sp³-hybridized carbons (Fsp3) is 0.462. The predicted octanol–water partition coefficient (Wildman–Crippen LogP) is -0.205. The highest BCUT2D eigenvalue weighted by Gasteiger charge is 2.21. The molecule has 0 saturated heterocycles. The van der Waals surface area contributed by atoms with Crippen LogP contribution in [-0.2, 0) is 11.3 Å². The quantitative estimate of drug-likeness (QED) is 0.565. The van der Waals surface area contributed by atoms with Crippen LogP contribution in [0.2, 0.25) is 0 Å². The van der Waals surface area contributed by atoms with E-state index in [9.17, 15) is 15.0 Å². The molecule has 3 atom stereocenters. The van der Waals surface area contributed by atoms with Gasteiger partial charge >= 0.3 is 0 Å². The molecule has 0 aliphatic carbocycles. The van der Waals surface area contributed by atoms with E-state index in [-0.39, 0.29) is 6.42 Å². The number of nitrogens with one attached hydrogen (secondary N) is 1. The van der Waals surface area contributed by atoms with E-state index in [4.69, 9.17) is 5.11 Å². The van der Waals surface area contributed by atoms with E-state index in [0.29, 0.717) is 6.54 Å². The molecule has 0 bridgehead atoms. The number of aliphatic hydroxyl groups excluding tert-OH is 3. The van der Waals surface area contributed by atoms with E-state index < -0.39 is 24.2 Å². The normalized spacial score (nSPS) is 15.8. The Morgan fingerprint density at radius 1 is 1.22 bits per heavy atom. The van der Waals surface area contributed by atoms with Gasteiger partial charge in [-0.1, -0.05) is 30.3 Å². The summed E-state index contributed by atoms with van der Waals surface area (Å²) in [6.07, 6.45) is -3.58. The Kier molecular flexibility index (Phi) is 5.77. The molecule has 5 heteroatoms. The monoisotopic (exact) mass is 253 g/mol. The molecule has 0 spiro atoms. The molecule has 0 aliphatic heterocycles. The van der Waals surface area contributed by atoms with Gasteiger partial charge in [0.25, 0.3) is 0 Å². The molecule has 0 unspecified atom stereocenters. The summed E-state index contributed by atoms with van der Waals surface area (Å²) in [6.45, 7) is 1.72. The van der Waals surface area contributed by atoms with Crippen LogP contribution in [0.1, 0.15) is 18.9 Å². The van der Waals surface area contributed by atoms with Gasteiger partial charge in [-0.3, -0.25) is 4.79 Å². The number of hydrogen-bond donors (Lipinski definition) is 4. The molecule has 1 rings (SSSR count). The molecule has 0 aromatic heterocycles. The third-order valence-electron chi connectivity index (χ3n) is 2.63. The molecule has 100 valence electrons. The highest BCUT2D eigenvalue weighted by molar-refractivity contribution is 5.80. The summed E-state index contributed by atoms with van der Waals surface area (Å²) >= 11 is 0. The number of carbonyl (C=O) groups excluding carboxylic acids is 1. The van der Waals surface area contributed by atoms with Crippen molar-refractivity contribution < 1.29 is 20.1 Å². The lowest BCUT2D eigenvalue weighted by Crippen LogP contribution is -2.38. The standard InChI is InChI=1S/C13H19NO4/c1-9(15)11(16)7-12(17)13(18)14-8-10-5-3-2-4-6-10/h2-6,9,11-12,15-17H,7-8H2,1H3,(H,14,18)/t9-,11-,12-/m1/s1. The van der Waals surface area contributed by atoms with Crippen LogP contribution in [0.15, 0.2) is 30.3 Å². The second-order valence-corrected chi connectivity index (χ2v) is 4.26. The fourth-order valence-corrected chi connectivity index (χ4v) is 1.44. The SMILES string of the molecule is C[C@@H](O)[C@H](O)C[C@@H](O)C(=O)NCc1ccccc1. The molecule has 0 heterocycles. The number of rotatable bonds is 6. The maximum absolute atomic E-state index is 11.5. The average molecular weight is 253 g/mol. The minimum Gasteiger partial charge on any atom is -0.391 e. The van der Waals surface area contributed by atoms with E-state index in [1.807, 2.05) is 30.3 Å². The Labute approximate surface area is 106 Å². The minimum atomic E-state index is -1.32. The van der Waals surface area contributed by atoms with Gasteiger partial charge in [-0.2, -0.15) is 0 Å². The van der Waals surface area contributed by atoms with E-state index in [1.165, 1.54) is 6.92 Å². The summed E-state index contributed by atoms with van der Waals surface area (Å²) in [6, 6.07) is 9.30. The first-order chi connectivity index (χ1) is 8.50. The van der Waals surface area contributed by atoms with Crippen molar-refractivity contribution in [3.63, 3.8) is 0 Å². The van der Waals surface area contributed by atoms with Crippen LogP contribution in [0.5, 0.6) is 0 Å². The van der Waals surface area contributed by atoms with Gasteiger partial charge < -0.3 is 20.6 Å². The first-order valence-electron chi connectivity index (χ1n) is 5.86. The number of hydrogen-bond acceptors (Lipinski definition) is 4. The van der Waals surface area contributed by atoms with Crippen molar-refractivity contribution in [2.45, 2.75) is 38.2 Å². The van der Waals surface area contributed by atoms with Crippen LogP contribution in [0.4, 0.5) is 0 Å². The lowest BCUT2D eigenvalue weighted by atomic mass is 10.1. The smallest absolute Gasteiger partial charge is 0.249 e. The van der Waals surface area contributed by atoms with Crippen LogP contribution < -0.4 is 5.32 Å². The van der Waals surface area contributed by atoms with Crippen molar-refractivity contribution in [3.05, 3.63) is 35.9 Å². The molecular formula is C13H19NO4. The Bertz CT molecular complexity index is 367. The molecule has 0 saturated carbocycles. The lowest BCUT2D eigenvalue weighted by Gasteiger charge is -2.17. The van der Waals surface area contributed by atoms with Gasteiger partial charge in [-0.15, -0.1) is 0 Å². The second-order valence-electron chi connectivity index (χ2n) is 4.26. The predicted molar refractivity (Wildman–Crippen MR) is 66.6 cm³/mol. The van der Waals surface area contributed by atoms with E-state index in [0.717, 1.165) is 5.56 Å². The van der Waals surface area contributed by atoms with Crippen molar-refractivity contribution in [1.82, 2.24) is 5.32 Å². The van der Waals surface area contributed by atoms with E-state index in [2.05, 4.69) is 5.32 Å². The molecular weight excluding hydrogens is 234 g/mol. The summed E-state index contributed by atoms with van der Waals surface area (Å²) in [7, 11) is 0.